The van der Waals surface area contributed by atoms with E-state index >= 15 is 0 Å². The third-order valence-corrected chi connectivity index (χ3v) is 4.02. The molecule has 0 bridgehead atoms. The van der Waals surface area contributed by atoms with Crippen LogP contribution in [0.5, 0.6) is 0 Å². The van der Waals surface area contributed by atoms with Crippen LogP contribution in [-0.4, -0.2) is 29.9 Å². The van der Waals surface area contributed by atoms with Crippen LogP contribution in [-0.2, 0) is 0 Å². The van der Waals surface area contributed by atoms with Crippen molar-refractivity contribution in [3.8, 4) is 0 Å². The summed E-state index contributed by atoms with van der Waals surface area (Å²) in [5, 5.41) is 4.19. The van der Waals surface area contributed by atoms with Gasteiger partial charge in [-0.25, -0.2) is 0 Å². The van der Waals surface area contributed by atoms with E-state index in [2.05, 4.69) is 33.9 Å². The minimum atomic E-state index is 0.477. The summed E-state index contributed by atoms with van der Waals surface area (Å²) in [6.45, 7) is 7.29. The summed E-state index contributed by atoms with van der Waals surface area (Å²) < 4.78 is 0. The van der Waals surface area contributed by atoms with E-state index in [1.54, 1.807) is 11.8 Å². The van der Waals surface area contributed by atoms with E-state index in [-0.39, 0.29) is 0 Å². The summed E-state index contributed by atoms with van der Waals surface area (Å²) in [5.74, 6) is 0. The molecular formula is C8H10SSe2. The first kappa shape index (κ1) is 11.3. The zero-order chi connectivity index (χ0) is 8.36. The topological polar surface area (TPSA) is 0 Å². The average molecular weight is 296 g/mol. The first-order valence-corrected chi connectivity index (χ1v) is 7.80. The van der Waals surface area contributed by atoms with Gasteiger partial charge in [-0.05, 0) is 0 Å². The van der Waals surface area contributed by atoms with Crippen molar-refractivity contribution < 1.29 is 0 Å². The molecule has 0 rings (SSSR count). The van der Waals surface area contributed by atoms with Gasteiger partial charge in [-0.15, -0.1) is 0 Å². The third-order valence-electron chi connectivity index (χ3n) is 0.618. The molecule has 11 heavy (non-hydrogen) atoms. The van der Waals surface area contributed by atoms with Crippen LogP contribution < -0.4 is 0 Å². The summed E-state index contributed by atoms with van der Waals surface area (Å²) in [4.78, 5) is 8.19. The van der Waals surface area contributed by atoms with E-state index in [9.17, 15) is 0 Å². The van der Waals surface area contributed by atoms with E-state index < -0.39 is 0 Å². The van der Waals surface area contributed by atoms with Crippen LogP contribution in [0.25, 0.3) is 0 Å². The molecule has 0 aromatic carbocycles. The molecule has 0 spiro atoms. The van der Waals surface area contributed by atoms with Crippen LogP contribution in [0.3, 0.4) is 0 Å². The van der Waals surface area contributed by atoms with Gasteiger partial charge in [0, 0.05) is 0 Å². The van der Waals surface area contributed by atoms with Gasteiger partial charge >= 0.3 is 85.5 Å². The van der Waals surface area contributed by atoms with Crippen molar-refractivity contribution in [3.05, 3.63) is 43.9 Å². The van der Waals surface area contributed by atoms with E-state index in [0.717, 1.165) is 0 Å². The van der Waals surface area contributed by atoms with Crippen molar-refractivity contribution in [2.75, 3.05) is 0 Å². The first-order chi connectivity index (χ1) is 5.41. The summed E-state index contributed by atoms with van der Waals surface area (Å²) in [6, 6.07) is 0. The van der Waals surface area contributed by atoms with Gasteiger partial charge in [0.05, 0.1) is 0 Å². The van der Waals surface area contributed by atoms with Gasteiger partial charge in [0.2, 0.25) is 0 Å². The average Bonchev–Trinajstić information content (AvgIpc) is 2.03. The molecule has 0 aliphatic rings. The zero-order valence-electron chi connectivity index (χ0n) is 6.10. The third kappa shape index (κ3) is 10.3. The second-order valence-corrected chi connectivity index (χ2v) is 5.79. The van der Waals surface area contributed by atoms with Crippen LogP contribution in [0.4, 0.5) is 0 Å². The van der Waals surface area contributed by atoms with Gasteiger partial charge in [0.1, 0.15) is 0 Å². The maximum absolute atomic E-state index is 3.65. The Morgan fingerprint density at radius 3 is 1.73 bits per heavy atom. The molecular weight excluding hydrogens is 286 g/mol. The molecule has 0 N–H and O–H groups in total. The monoisotopic (exact) mass is 298 g/mol. The van der Waals surface area contributed by atoms with Crippen molar-refractivity contribution in [1.82, 2.24) is 0 Å². The van der Waals surface area contributed by atoms with Gasteiger partial charge in [-0.2, -0.15) is 0 Å². The molecule has 0 radical (unpaired) electrons. The second kappa shape index (κ2) is 10.3. The zero-order valence-corrected chi connectivity index (χ0v) is 10.3. The molecule has 0 unspecified atom stereocenters. The van der Waals surface area contributed by atoms with Crippen molar-refractivity contribution >= 4 is 41.7 Å². The van der Waals surface area contributed by atoms with Crippen molar-refractivity contribution in [3.63, 3.8) is 0 Å². The van der Waals surface area contributed by atoms with Gasteiger partial charge in [-0.3, -0.25) is 0 Å². The summed E-state index contributed by atoms with van der Waals surface area (Å²) in [7, 11) is 0. The predicted molar refractivity (Wildman–Crippen MR) is 57.8 cm³/mol. The minimum absolute atomic E-state index is 0.477. The Bertz CT molecular complexity index is 143. The molecule has 0 aromatic rings. The fourth-order valence-electron chi connectivity index (χ4n) is 0.285. The molecule has 0 aromatic heterocycles. The van der Waals surface area contributed by atoms with Gasteiger partial charge in [0.15, 0.2) is 0 Å². The molecule has 0 heterocycles. The molecule has 0 fully saturated rings. The Kier molecular flexibility index (Phi) is 10.7. The van der Waals surface area contributed by atoms with Gasteiger partial charge in [0.25, 0.3) is 0 Å². The molecule has 3 heteroatoms. The quantitative estimate of drug-likeness (QED) is 0.678. The maximum atomic E-state index is 3.65. The number of thioether (sulfide) groups is 1. The Morgan fingerprint density at radius 2 is 1.36 bits per heavy atom. The molecule has 0 saturated heterocycles. The Balaban J connectivity index is 3.24. The fourth-order valence-corrected chi connectivity index (χ4v) is 2.71. The number of hydrogen-bond donors (Lipinski definition) is 0. The fraction of sp³-hybridized carbons (Fsp3) is 0. The number of hydrogen-bond acceptors (Lipinski definition) is 1. The van der Waals surface area contributed by atoms with E-state index in [1.807, 2.05) is 9.95 Å². The van der Waals surface area contributed by atoms with Crippen molar-refractivity contribution in [2.24, 2.45) is 0 Å². The van der Waals surface area contributed by atoms with Crippen molar-refractivity contribution in [1.29, 1.82) is 0 Å². The molecule has 0 nitrogen and oxygen atoms in total. The normalized spacial score (nSPS) is 10.9. The van der Waals surface area contributed by atoms with E-state index in [0.29, 0.717) is 29.9 Å². The summed E-state index contributed by atoms with van der Waals surface area (Å²) >= 11 is 2.66. The van der Waals surface area contributed by atoms with Crippen molar-refractivity contribution in [2.45, 2.75) is 0 Å². The summed E-state index contributed by atoms with van der Waals surface area (Å²) in [6.07, 6.45) is 0. The molecule has 0 amide bonds. The van der Waals surface area contributed by atoms with Crippen LogP contribution >= 0.6 is 11.8 Å². The Hall–Kier alpha value is 0.349. The van der Waals surface area contributed by atoms with E-state index in [1.165, 1.54) is 0 Å². The first-order valence-electron chi connectivity index (χ1n) is 2.90. The van der Waals surface area contributed by atoms with Crippen LogP contribution in [0.1, 0.15) is 0 Å². The van der Waals surface area contributed by atoms with Gasteiger partial charge in [-0.1, -0.05) is 0 Å². The molecule has 0 atom stereocenters. The van der Waals surface area contributed by atoms with Gasteiger partial charge < -0.3 is 0 Å². The molecule has 0 aliphatic carbocycles. The summed E-state index contributed by atoms with van der Waals surface area (Å²) in [5.41, 5.74) is 0. The van der Waals surface area contributed by atoms with Crippen LogP contribution in [0, 0.1) is 0 Å². The van der Waals surface area contributed by atoms with Crippen LogP contribution in [0.15, 0.2) is 43.9 Å². The van der Waals surface area contributed by atoms with E-state index in [4.69, 9.17) is 0 Å². The Morgan fingerprint density at radius 1 is 0.909 bits per heavy atom. The second-order valence-electron chi connectivity index (χ2n) is 1.29. The molecule has 0 saturated carbocycles. The Labute approximate surface area is 85.2 Å². The number of rotatable bonds is 6. The predicted octanol–water partition coefficient (Wildman–Crippen LogP) is 2.36. The molecule has 60 valence electrons. The molecule has 0 aliphatic heterocycles. The SMILES string of the molecule is C=C[Se]/C=C\S/C=C\[Se]C=C. The standard InChI is InChI=1S/C8H10SSe2/c1-3-10-7-5-9-6-8-11-4-2/h3-8H,1-2H2/b7-5-,8-6-. The van der Waals surface area contributed by atoms with Crippen LogP contribution in [0.2, 0.25) is 0 Å².